The lowest BCUT2D eigenvalue weighted by atomic mass is 9.94. The maximum absolute atomic E-state index is 5.96. The van der Waals surface area contributed by atoms with Gasteiger partial charge >= 0.3 is 0 Å². The van der Waals surface area contributed by atoms with E-state index >= 15 is 0 Å². The number of nitrogens with two attached hydrogens (primary N) is 1. The van der Waals surface area contributed by atoms with E-state index in [-0.39, 0.29) is 0 Å². The second-order valence-corrected chi connectivity index (χ2v) is 5.55. The van der Waals surface area contributed by atoms with E-state index in [1.165, 1.54) is 16.7 Å². The van der Waals surface area contributed by atoms with Gasteiger partial charge in [-0.2, -0.15) is 0 Å². The van der Waals surface area contributed by atoms with Gasteiger partial charge in [0.15, 0.2) is 0 Å². The number of hydrogen-bond acceptors (Lipinski definition) is 2. The van der Waals surface area contributed by atoms with Crippen LogP contribution < -0.4 is 10.5 Å². The van der Waals surface area contributed by atoms with E-state index in [0.29, 0.717) is 12.5 Å². The first-order valence-corrected chi connectivity index (χ1v) is 7.66. The molecule has 1 atom stereocenters. The van der Waals surface area contributed by atoms with Crippen molar-refractivity contribution in [3.8, 4) is 5.75 Å². The lowest BCUT2D eigenvalue weighted by Gasteiger charge is -2.16. The van der Waals surface area contributed by atoms with Crippen molar-refractivity contribution in [1.82, 2.24) is 0 Å². The van der Waals surface area contributed by atoms with Crippen LogP contribution in [-0.2, 0) is 0 Å². The molecule has 0 bridgehead atoms. The van der Waals surface area contributed by atoms with E-state index in [4.69, 9.17) is 10.5 Å². The third-order valence-electron chi connectivity index (χ3n) is 3.91. The predicted octanol–water partition coefficient (Wildman–Crippen LogP) is 4.20. The molecule has 1 unspecified atom stereocenters. The van der Waals surface area contributed by atoms with E-state index in [2.05, 4.69) is 56.3 Å². The van der Waals surface area contributed by atoms with Gasteiger partial charge in [-0.25, -0.2) is 0 Å². The predicted molar refractivity (Wildman–Crippen MR) is 88.9 cm³/mol. The van der Waals surface area contributed by atoms with E-state index < -0.39 is 0 Å². The molecule has 0 aliphatic rings. The SMILES string of the molecule is Cc1cccc(C)c1OCCCC(CN)c1ccccc1. The molecule has 2 nitrogen and oxygen atoms in total. The molecule has 112 valence electrons. The van der Waals surface area contributed by atoms with Gasteiger partial charge in [-0.15, -0.1) is 0 Å². The van der Waals surface area contributed by atoms with Crippen molar-refractivity contribution >= 4 is 0 Å². The van der Waals surface area contributed by atoms with Crippen LogP contribution in [0.1, 0.15) is 35.4 Å². The summed E-state index contributed by atoms with van der Waals surface area (Å²) in [5.74, 6) is 1.45. The van der Waals surface area contributed by atoms with Gasteiger partial charge in [0, 0.05) is 0 Å². The third-order valence-corrected chi connectivity index (χ3v) is 3.91. The fourth-order valence-corrected chi connectivity index (χ4v) is 2.68. The van der Waals surface area contributed by atoms with Gasteiger partial charge in [-0.1, -0.05) is 48.5 Å². The summed E-state index contributed by atoms with van der Waals surface area (Å²) in [5, 5.41) is 0. The second-order valence-electron chi connectivity index (χ2n) is 5.55. The van der Waals surface area contributed by atoms with Crippen LogP contribution in [0, 0.1) is 13.8 Å². The van der Waals surface area contributed by atoms with Crippen molar-refractivity contribution in [3.63, 3.8) is 0 Å². The number of hydrogen-bond donors (Lipinski definition) is 1. The van der Waals surface area contributed by atoms with Crippen molar-refractivity contribution in [2.75, 3.05) is 13.2 Å². The maximum atomic E-state index is 5.96. The zero-order valence-electron chi connectivity index (χ0n) is 13.0. The highest BCUT2D eigenvalue weighted by Crippen LogP contribution is 2.24. The van der Waals surface area contributed by atoms with Crippen molar-refractivity contribution in [2.24, 2.45) is 5.73 Å². The Kier molecular flexibility index (Phi) is 5.82. The molecule has 21 heavy (non-hydrogen) atoms. The number of ether oxygens (including phenoxy) is 1. The second kappa shape index (κ2) is 7.84. The van der Waals surface area contributed by atoms with Gasteiger partial charge in [-0.05, 0) is 55.8 Å². The average Bonchev–Trinajstić information content (AvgIpc) is 2.51. The number of aryl methyl sites for hydroxylation is 2. The Morgan fingerprint density at radius 1 is 0.952 bits per heavy atom. The van der Waals surface area contributed by atoms with E-state index in [1.54, 1.807) is 0 Å². The first-order valence-electron chi connectivity index (χ1n) is 7.66. The Balaban J connectivity index is 1.84. The Bertz CT molecular complexity index is 530. The quantitative estimate of drug-likeness (QED) is 0.773. The van der Waals surface area contributed by atoms with Crippen molar-refractivity contribution < 1.29 is 4.74 Å². The van der Waals surface area contributed by atoms with E-state index in [1.807, 2.05) is 6.07 Å². The minimum Gasteiger partial charge on any atom is -0.493 e. The van der Waals surface area contributed by atoms with E-state index in [9.17, 15) is 0 Å². The maximum Gasteiger partial charge on any atom is 0.125 e. The topological polar surface area (TPSA) is 35.2 Å². The zero-order valence-corrected chi connectivity index (χ0v) is 13.0. The summed E-state index contributed by atoms with van der Waals surface area (Å²) in [5.41, 5.74) is 9.64. The minimum atomic E-state index is 0.424. The first-order chi connectivity index (χ1) is 10.2. The molecule has 2 rings (SSSR count). The Hall–Kier alpha value is -1.80. The van der Waals surface area contributed by atoms with Crippen molar-refractivity contribution in [3.05, 3.63) is 65.2 Å². The fourth-order valence-electron chi connectivity index (χ4n) is 2.68. The van der Waals surface area contributed by atoms with Gasteiger partial charge in [0.05, 0.1) is 6.61 Å². The number of benzene rings is 2. The van der Waals surface area contributed by atoms with Crippen LogP contribution in [0.15, 0.2) is 48.5 Å². The third kappa shape index (κ3) is 4.33. The summed E-state index contributed by atoms with van der Waals surface area (Å²) in [6, 6.07) is 16.8. The van der Waals surface area contributed by atoms with Gasteiger partial charge < -0.3 is 10.5 Å². The summed E-state index contributed by atoms with van der Waals surface area (Å²) < 4.78 is 5.96. The molecule has 2 aromatic rings. The van der Waals surface area contributed by atoms with Crippen LogP contribution in [0.3, 0.4) is 0 Å². The highest BCUT2D eigenvalue weighted by atomic mass is 16.5. The molecule has 0 spiro atoms. The summed E-state index contributed by atoms with van der Waals surface area (Å²) >= 11 is 0. The Morgan fingerprint density at radius 3 is 2.24 bits per heavy atom. The zero-order chi connectivity index (χ0) is 15.1. The molecule has 2 N–H and O–H groups in total. The Labute approximate surface area is 127 Å². The van der Waals surface area contributed by atoms with Gasteiger partial charge in [0.2, 0.25) is 0 Å². The van der Waals surface area contributed by atoms with Crippen LogP contribution in [0.5, 0.6) is 5.75 Å². The van der Waals surface area contributed by atoms with Gasteiger partial charge in [-0.3, -0.25) is 0 Å². The molecule has 0 saturated carbocycles. The first kappa shape index (κ1) is 15.6. The van der Waals surface area contributed by atoms with Crippen molar-refractivity contribution in [1.29, 1.82) is 0 Å². The highest BCUT2D eigenvalue weighted by Gasteiger charge is 2.09. The molecule has 0 aromatic heterocycles. The largest absolute Gasteiger partial charge is 0.493 e. The summed E-state index contributed by atoms with van der Waals surface area (Å²) in [4.78, 5) is 0. The molecule has 0 aliphatic carbocycles. The van der Waals surface area contributed by atoms with Gasteiger partial charge in [0.1, 0.15) is 5.75 Å². The van der Waals surface area contributed by atoms with Crippen LogP contribution in [0.4, 0.5) is 0 Å². The number of para-hydroxylation sites is 1. The van der Waals surface area contributed by atoms with E-state index in [0.717, 1.165) is 25.2 Å². The summed E-state index contributed by atoms with van der Waals surface area (Å²) in [6.07, 6.45) is 2.08. The molecule has 0 heterocycles. The van der Waals surface area contributed by atoms with Crippen LogP contribution >= 0.6 is 0 Å². The fraction of sp³-hybridized carbons (Fsp3) is 0.368. The van der Waals surface area contributed by atoms with Crippen molar-refractivity contribution in [2.45, 2.75) is 32.6 Å². The normalized spacial score (nSPS) is 12.1. The molecule has 0 fully saturated rings. The minimum absolute atomic E-state index is 0.424. The molecule has 0 amide bonds. The lowest BCUT2D eigenvalue weighted by Crippen LogP contribution is -2.13. The Morgan fingerprint density at radius 2 is 1.62 bits per heavy atom. The average molecular weight is 283 g/mol. The molecular weight excluding hydrogens is 258 g/mol. The summed E-state index contributed by atoms with van der Waals surface area (Å²) in [6.45, 7) is 5.62. The monoisotopic (exact) mass is 283 g/mol. The molecule has 0 aliphatic heterocycles. The molecule has 2 aromatic carbocycles. The molecule has 2 heteroatoms. The van der Waals surface area contributed by atoms with Crippen LogP contribution in [0.2, 0.25) is 0 Å². The summed E-state index contributed by atoms with van der Waals surface area (Å²) in [7, 11) is 0. The highest BCUT2D eigenvalue weighted by molar-refractivity contribution is 5.39. The standard InChI is InChI=1S/C19H25NO/c1-15-8-6-9-16(2)19(15)21-13-7-12-18(14-20)17-10-4-3-5-11-17/h3-6,8-11,18H,7,12-14,20H2,1-2H3. The molecule has 0 radical (unpaired) electrons. The van der Waals surface area contributed by atoms with Gasteiger partial charge in [0.25, 0.3) is 0 Å². The lowest BCUT2D eigenvalue weighted by molar-refractivity contribution is 0.298. The molecule has 0 saturated heterocycles. The number of rotatable bonds is 7. The van der Waals surface area contributed by atoms with Crippen LogP contribution in [-0.4, -0.2) is 13.2 Å². The smallest absolute Gasteiger partial charge is 0.125 e. The molecular formula is C19H25NO. The van der Waals surface area contributed by atoms with Crippen LogP contribution in [0.25, 0.3) is 0 Å².